The number of hydrogen-bond donors (Lipinski definition) is 1. The summed E-state index contributed by atoms with van der Waals surface area (Å²) in [7, 11) is 0. The fraction of sp³-hybridized carbons (Fsp3) is 0.947. The summed E-state index contributed by atoms with van der Waals surface area (Å²) in [6.07, 6.45) is 6.87. The Labute approximate surface area is 171 Å². The number of hydrogen-bond acceptors (Lipinski definition) is 4. The second-order valence-electron chi connectivity index (χ2n) is 7.94. The largest absolute Gasteiger partial charge is 0.379 e. The van der Waals surface area contributed by atoms with Crippen LogP contribution >= 0.6 is 24.8 Å². The van der Waals surface area contributed by atoms with Gasteiger partial charge in [0, 0.05) is 38.6 Å². The van der Waals surface area contributed by atoms with Crippen LogP contribution in [0.1, 0.15) is 45.4 Å². The second kappa shape index (κ2) is 12.4. The monoisotopic (exact) mass is 409 g/mol. The van der Waals surface area contributed by atoms with Gasteiger partial charge in [0.2, 0.25) is 5.91 Å². The molecule has 26 heavy (non-hydrogen) atoms. The third-order valence-electron chi connectivity index (χ3n) is 6.16. The fourth-order valence-corrected chi connectivity index (χ4v) is 4.52. The van der Waals surface area contributed by atoms with Crippen LogP contribution in [0.2, 0.25) is 0 Å². The molecule has 3 unspecified atom stereocenters. The molecule has 3 rings (SSSR count). The summed E-state index contributed by atoms with van der Waals surface area (Å²) in [6.45, 7) is 10.2. The first kappa shape index (κ1) is 24.0. The maximum Gasteiger partial charge on any atom is 0.223 e. The molecule has 5 nitrogen and oxygen atoms in total. The molecule has 3 fully saturated rings. The van der Waals surface area contributed by atoms with Crippen molar-refractivity contribution in [3.63, 3.8) is 0 Å². The number of rotatable bonds is 5. The van der Waals surface area contributed by atoms with Crippen molar-refractivity contribution < 1.29 is 9.53 Å². The number of nitrogens with zero attached hydrogens (tertiary/aromatic N) is 2. The van der Waals surface area contributed by atoms with Crippen LogP contribution in [0.3, 0.4) is 0 Å². The number of likely N-dealkylation sites (tertiary alicyclic amines) is 1. The van der Waals surface area contributed by atoms with E-state index in [2.05, 4.69) is 22.0 Å². The topological polar surface area (TPSA) is 44.8 Å². The molecular weight excluding hydrogens is 373 g/mol. The van der Waals surface area contributed by atoms with E-state index in [4.69, 9.17) is 4.74 Å². The van der Waals surface area contributed by atoms with Gasteiger partial charge >= 0.3 is 0 Å². The number of piperidine rings is 2. The first-order chi connectivity index (χ1) is 11.7. The van der Waals surface area contributed by atoms with Crippen LogP contribution in [0.5, 0.6) is 0 Å². The van der Waals surface area contributed by atoms with Gasteiger partial charge in [0.25, 0.3) is 0 Å². The number of amides is 1. The molecule has 0 aromatic heterocycles. The van der Waals surface area contributed by atoms with Gasteiger partial charge in [-0.25, -0.2) is 0 Å². The zero-order valence-electron chi connectivity index (χ0n) is 16.2. The van der Waals surface area contributed by atoms with Crippen LogP contribution in [-0.2, 0) is 9.53 Å². The molecule has 3 heterocycles. The van der Waals surface area contributed by atoms with E-state index < -0.39 is 0 Å². The van der Waals surface area contributed by atoms with Crippen molar-refractivity contribution >= 4 is 30.7 Å². The minimum atomic E-state index is 0. The lowest BCUT2D eigenvalue weighted by molar-refractivity contribution is -0.137. The Morgan fingerprint density at radius 3 is 2.58 bits per heavy atom. The average Bonchev–Trinajstić information content (AvgIpc) is 2.63. The van der Waals surface area contributed by atoms with E-state index in [0.717, 1.165) is 58.9 Å². The Morgan fingerprint density at radius 2 is 1.88 bits per heavy atom. The molecule has 0 aliphatic carbocycles. The predicted molar refractivity (Wildman–Crippen MR) is 110 cm³/mol. The lowest BCUT2D eigenvalue weighted by atomic mass is 9.85. The van der Waals surface area contributed by atoms with Gasteiger partial charge in [-0.15, -0.1) is 24.8 Å². The zero-order valence-corrected chi connectivity index (χ0v) is 17.8. The van der Waals surface area contributed by atoms with Crippen LogP contribution < -0.4 is 5.32 Å². The van der Waals surface area contributed by atoms with Gasteiger partial charge < -0.3 is 15.0 Å². The number of halogens is 2. The van der Waals surface area contributed by atoms with E-state index in [1.165, 1.54) is 32.1 Å². The lowest BCUT2D eigenvalue weighted by Crippen LogP contribution is -2.51. The standard InChI is InChI=1S/C19H35N3O2.2ClH/c1-16(17-5-4-7-20-14-17)13-19(23)22-8-3-2-6-18(22)15-21-9-11-24-12-10-21;;/h16-18,20H,2-15H2,1H3;2*1H. The molecule has 7 heteroatoms. The van der Waals surface area contributed by atoms with E-state index in [1.807, 2.05) is 0 Å². The molecule has 1 amide bonds. The van der Waals surface area contributed by atoms with Crippen LogP contribution in [0.15, 0.2) is 0 Å². The Kier molecular flexibility index (Phi) is 11.4. The SMILES string of the molecule is CC(CC(=O)N1CCCCC1CN1CCOCC1)C1CCCNC1.Cl.Cl. The van der Waals surface area contributed by atoms with Crippen molar-refractivity contribution in [2.45, 2.75) is 51.5 Å². The average molecular weight is 410 g/mol. The minimum Gasteiger partial charge on any atom is -0.379 e. The number of ether oxygens (including phenoxy) is 1. The second-order valence-corrected chi connectivity index (χ2v) is 7.94. The van der Waals surface area contributed by atoms with Gasteiger partial charge in [0.05, 0.1) is 13.2 Å². The summed E-state index contributed by atoms with van der Waals surface area (Å²) < 4.78 is 5.45. The van der Waals surface area contributed by atoms with Crippen LogP contribution in [0.25, 0.3) is 0 Å². The predicted octanol–water partition coefficient (Wildman–Crippen LogP) is 2.57. The number of carbonyl (C=O) groups excluding carboxylic acids is 1. The Morgan fingerprint density at radius 1 is 1.12 bits per heavy atom. The van der Waals surface area contributed by atoms with E-state index >= 15 is 0 Å². The van der Waals surface area contributed by atoms with E-state index in [9.17, 15) is 4.79 Å². The van der Waals surface area contributed by atoms with Crippen LogP contribution in [0, 0.1) is 11.8 Å². The highest BCUT2D eigenvalue weighted by Gasteiger charge is 2.31. The minimum absolute atomic E-state index is 0. The molecule has 3 aliphatic heterocycles. The van der Waals surface area contributed by atoms with E-state index in [1.54, 1.807) is 0 Å². The quantitative estimate of drug-likeness (QED) is 0.757. The van der Waals surface area contributed by atoms with Gasteiger partial charge in [-0.05, 0) is 57.0 Å². The highest BCUT2D eigenvalue weighted by molar-refractivity contribution is 5.85. The Bertz CT molecular complexity index is 402. The summed E-state index contributed by atoms with van der Waals surface area (Å²) in [5.74, 6) is 1.56. The Balaban J connectivity index is 0.00000169. The van der Waals surface area contributed by atoms with Crippen LogP contribution in [0.4, 0.5) is 0 Å². The molecule has 0 aromatic rings. The van der Waals surface area contributed by atoms with Gasteiger partial charge in [-0.1, -0.05) is 6.92 Å². The first-order valence-corrected chi connectivity index (χ1v) is 10.0. The maximum atomic E-state index is 13.0. The van der Waals surface area contributed by atoms with Crippen molar-refractivity contribution in [2.75, 3.05) is 52.5 Å². The van der Waals surface area contributed by atoms with Crippen molar-refractivity contribution in [1.29, 1.82) is 0 Å². The van der Waals surface area contributed by atoms with Gasteiger partial charge in [0.1, 0.15) is 0 Å². The number of carbonyl (C=O) groups is 1. The van der Waals surface area contributed by atoms with Gasteiger partial charge in [0.15, 0.2) is 0 Å². The summed E-state index contributed by atoms with van der Waals surface area (Å²) >= 11 is 0. The molecule has 3 saturated heterocycles. The molecule has 0 aromatic carbocycles. The molecule has 0 saturated carbocycles. The fourth-order valence-electron chi connectivity index (χ4n) is 4.52. The van der Waals surface area contributed by atoms with E-state index in [0.29, 0.717) is 23.8 Å². The molecule has 0 radical (unpaired) electrons. The highest BCUT2D eigenvalue weighted by atomic mass is 35.5. The third kappa shape index (κ3) is 6.83. The summed E-state index contributed by atoms with van der Waals surface area (Å²) in [4.78, 5) is 17.7. The van der Waals surface area contributed by atoms with Crippen molar-refractivity contribution in [3.05, 3.63) is 0 Å². The molecule has 0 spiro atoms. The molecule has 3 atom stereocenters. The van der Waals surface area contributed by atoms with E-state index in [-0.39, 0.29) is 24.8 Å². The van der Waals surface area contributed by atoms with Crippen molar-refractivity contribution in [3.8, 4) is 0 Å². The number of morpholine rings is 1. The molecule has 0 bridgehead atoms. The lowest BCUT2D eigenvalue weighted by Gasteiger charge is -2.40. The van der Waals surface area contributed by atoms with Crippen LogP contribution in [-0.4, -0.2) is 74.2 Å². The maximum absolute atomic E-state index is 13.0. The normalized spacial score (nSPS) is 28.6. The molecule has 154 valence electrons. The third-order valence-corrected chi connectivity index (χ3v) is 6.16. The zero-order chi connectivity index (χ0) is 16.8. The summed E-state index contributed by atoms with van der Waals surface area (Å²) in [5.41, 5.74) is 0. The Hall–Kier alpha value is -0.0700. The molecule has 1 N–H and O–H groups in total. The summed E-state index contributed by atoms with van der Waals surface area (Å²) in [6, 6.07) is 0.418. The van der Waals surface area contributed by atoms with Crippen molar-refractivity contribution in [2.24, 2.45) is 11.8 Å². The molecular formula is C19H37Cl2N3O2. The number of nitrogens with one attached hydrogen (secondary N) is 1. The van der Waals surface area contributed by atoms with Gasteiger partial charge in [-0.2, -0.15) is 0 Å². The first-order valence-electron chi connectivity index (χ1n) is 10.0. The van der Waals surface area contributed by atoms with Gasteiger partial charge in [-0.3, -0.25) is 9.69 Å². The summed E-state index contributed by atoms with van der Waals surface area (Å²) in [5, 5.41) is 3.49. The smallest absolute Gasteiger partial charge is 0.223 e. The molecule has 3 aliphatic rings. The highest BCUT2D eigenvalue weighted by Crippen LogP contribution is 2.26. The van der Waals surface area contributed by atoms with Crippen molar-refractivity contribution in [1.82, 2.24) is 15.1 Å².